The highest BCUT2D eigenvalue weighted by Crippen LogP contribution is 2.53. The Labute approximate surface area is 71.5 Å². The van der Waals surface area contributed by atoms with Crippen LogP contribution in [0.25, 0.3) is 0 Å². The Morgan fingerprint density at radius 2 is 2.25 bits per heavy atom. The molecule has 1 fully saturated rings. The SMILES string of the molecule is O=C1N2CCC=CC2=CC12CC2. The second-order valence-electron chi connectivity index (χ2n) is 3.87. The van der Waals surface area contributed by atoms with Gasteiger partial charge in [0, 0.05) is 12.2 Å². The van der Waals surface area contributed by atoms with Gasteiger partial charge in [-0.3, -0.25) is 4.79 Å². The second kappa shape index (κ2) is 1.82. The van der Waals surface area contributed by atoms with E-state index in [1.807, 2.05) is 4.90 Å². The molecule has 0 atom stereocenters. The molecule has 0 aromatic rings. The molecule has 0 N–H and O–H groups in total. The summed E-state index contributed by atoms with van der Waals surface area (Å²) in [5, 5.41) is 0. The summed E-state index contributed by atoms with van der Waals surface area (Å²) >= 11 is 0. The van der Waals surface area contributed by atoms with Crippen LogP contribution in [0.5, 0.6) is 0 Å². The van der Waals surface area contributed by atoms with Crippen molar-refractivity contribution in [3.63, 3.8) is 0 Å². The summed E-state index contributed by atoms with van der Waals surface area (Å²) in [5.74, 6) is 0.349. The molecule has 0 radical (unpaired) electrons. The number of hydrogen-bond acceptors (Lipinski definition) is 1. The fourth-order valence-electron chi connectivity index (χ4n) is 2.08. The minimum atomic E-state index is -0.0377. The van der Waals surface area contributed by atoms with Crippen LogP contribution in [-0.2, 0) is 4.79 Å². The number of rotatable bonds is 0. The zero-order valence-electron chi connectivity index (χ0n) is 6.92. The van der Waals surface area contributed by atoms with Crippen LogP contribution < -0.4 is 0 Å². The molecule has 2 nitrogen and oxygen atoms in total. The van der Waals surface area contributed by atoms with Gasteiger partial charge in [0.1, 0.15) is 0 Å². The number of hydrogen-bond donors (Lipinski definition) is 0. The predicted molar refractivity (Wildman–Crippen MR) is 45.2 cm³/mol. The van der Waals surface area contributed by atoms with Crippen molar-refractivity contribution in [1.29, 1.82) is 0 Å². The van der Waals surface area contributed by atoms with E-state index >= 15 is 0 Å². The van der Waals surface area contributed by atoms with Crippen molar-refractivity contribution in [3.8, 4) is 0 Å². The van der Waals surface area contributed by atoms with Crippen molar-refractivity contribution in [2.24, 2.45) is 5.41 Å². The Morgan fingerprint density at radius 1 is 1.42 bits per heavy atom. The van der Waals surface area contributed by atoms with Gasteiger partial charge in [-0.1, -0.05) is 6.08 Å². The zero-order valence-corrected chi connectivity index (χ0v) is 6.92. The molecule has 1 spiro atoms. The lowest BCUT2D eigenvalue weighted by Gasteiger charge is -2.21. The van der Waals surface area contributed by atoms with Crippen LogP contribution in [-0.4, -0.2) is 17.4 Å². The molecule has 0 saturated heterocycles. The van der Waals surface area contributed by atoms with Gasteiger partial charge < -0.3 is 4.90 Å². The van der Waals surface area contributed by atoms with Gasteiger partial charge >= 0.3 is 0 Å². The van der Waals surface area contributed by atoms with Gasteiger partial charge in [0.2, 0.25) is 5.91 Å². The van der Waals surface area contributed by atoms with Crippen LogP contribution in [0.3, 0.4) is 0 Å². The molecule has 2 heteroatoms. The van der Waals surface area contributed by atoms with E-state index in [0.717, 1.165) is 31.5 Å². The van der Waals surface area contributed by atoms with Gasteiger partial charge in [-0.05, 0) is 31.4 Å². The molecule has 3 aliphatic rings. The zero-order chi connectivity index (χ0) is 8.18. The summed E-state index contributed by atoms with van der Waals surface area (Å²) < 4.78 is 0. The topological polar surface area (TPSA) is 20.3 Å². The molecule has 12 heavy (non-hydrogen) atoms. The van der Waals surface area contributed by atoms with Crippen LogP contribution in [0.2, 0.25) is 0 Å². The van der Waals surface area contributed by atoms with Gasteiger partial charge in [-0.2, -0.15) is 0 Å². The van der Waals surface area contributed by atoms with Crippen molar-refractivity contribution in [2.45, 2.75) is 19.3 Å². The molecular weight excluding hydrogens is 150 g/mol. The van der Waals surface area contributed by atoms with Crippen LogP contribution >= 0.6 is 0 Å². The Kier molecular flexibility index (Phi) is 0.978. The quantitative estimate of drug-likeness (QED) is 0.526. The van der Waals surface area contributed by atoms with Crippen LogP contribution in [0.15, 0.2) is 23.9 Å². The lowest BCUT2D eigenvalue weighted by atomic mass is 10.1. The summed E-state index contributed by atoms with van der Waals surface area (Å²) in [6.45, 7) is 0.892. The molecule has 3 rings (SSSR count). The fraction of sp³-hybridized carbons (Fsp3) is 0.500. The Bertz CT molecular complexity index is 310. The first-order chi connectivity index (χ1) is 5.82. The number of allylic oxidation sites excluding steroid dienone is 1. The normalized spacial score (nSPS) is 29.2. The first-order valence-corrected chi connectivity index (χ1v) is 4.53. The highest BCUT2D eigenvalue weighted by molar-refractivity contribution is 5.92. The average Bonchev–Trinajstić information content (AvgIpc) is 2.79. The second-order valence-corrected chi connectivity index (χ2v) is 3.87. The fourth-order valence-corrected chi connectivity index (χ4v) is 2.08. The van der Waals surface area contributed by atoms with E-state index in [1.54, 1.807) is 0 Å². The molecule has 0 bridgehead atoms. The van der Waals surface area contributed by atoms with Gasteiger partial charge in [-0.25, -0.2) is 0 Å². The largest absolute Gasteiger partial charge is 0.312 e. The smallest absolute Gasteiger partial charge is 0.237 e. The number of fused-ring (bicyclic) bond motifs is 1. The van der Waals surface area contributed by atoms with Crippen LogP contribution in [0, 0.1) is 5.41 Å². The van der Waals surface area contributed by atoms with E-state index in [9.17, 15) is 4.79 Å². The minimum Gasteiger partial charge on any atom is -0.312 e. The monoisotopic (exact) mass is 161 g/mol. The third-order valence-electron chi connectivity index (χ3n) is 3.00. The maximum absolute atomic E-state index is 11.8. The van der Waals surface area contributed by atoms with Crippen LogP contribution in [0.1, 0.15) is 19.3 Å². The summed E-state index contributed by atoms with van der Waals surface area (Å²) in [6, 6.07) is 0. The van der Waals surface area contributed by atoms with Crippen LogP contribution in [0.4, 0.5) is 0 Å². The molecule has 0 aromatic heterocycles. The lowest BCUT2D eigenvalue weighted by molar-refractivity contribution is -0.131. The molecule has 1 amide bonds. The molecule has 2 heterocycles. The Balaban J connectivity index is 2.05. The highest BCUT2D eigenvalue weighted by atomic mass is 16.2. The van der Waals surface area contributed by atoms with E-state index < -0.39 is 0 Å². The molecule has 62 valence electrons. The predicted octanol–water partition coefficient (Wildman–Crippen LogP) is 1.45. The van der Waals surface area contributed by atoms with Gasteiger partial charge in [0.25, 0.3) is 0 Å². The number of nitrogens with zero attached hydrogens (tertiary/aromatic N) is 1. The molecule has 0 unspecified atom stereocenters. The third kappa shape index (κ3) is 0.631. The summed E-state index contributed by atoms with van der Waals surface area (Å²) in [7, 11) is 0. The number of carbonyl (C=O) groups is 1. The van der Waals surface area contributed by atoms with E-state index in [0.29, 0.717) is 5.91 Å². The molecule has 1 aliphatic carbocycles. The molecule has 1 saturated carbocycles. The van der Waals surface area contributed by atoms with Crippen molar-refractivity contribution < 1.29 is 4.79 Å². The number of amides is 1. The van der Waals surface area contributed by atoms with E-state index in [2.05, 4.69) is 18.2 Å². The maximum atomic E-state index is 11.8. The molecular formula is C10H11NO. The van der Waals surface area contributed by atoms with Gasteiger partial charge in [0.15, 0.2) is 0 Å². The maximum Gasteiger partial charge on any atom is 0.237 e. The first-order valence-electron chi connectivity index (χ1n) is 4.53. The van der Waals surface area contributed by atoms with E-state index in [-0.39, 0.29) is 5.41 Å². The van der Waals surface area contributed by atoms with Crippen molar-refractivity contribution in [2.75, 3.05) is 6.54 Å². The summed E-state index contributed by atoms with van der Waals surface area (Å²) in [5.41, 5.74) is 1.10. The molecule has 0 aromatic carbocycles. The standard InChI is InChI=1S/C10H11NO/c12-9-10(4-5-10)7-8-3-1-2-6-11(8)9/h1,3,7H,2,4-6H2. The number of carbonyl (C=O) groups excluding carboxylic acids is 1. The summed E-state index contributed by atoms with van der Waals surface area (Å²) in [6.07, 6.45) is 9.54. The molecule has 2 aliphatic heterocycles. The minimum absolute atomic E-state index is 0.0377. The van der Waals surface area contributed by atoms with Crippen molar-refractivity contribution in [1.82, 2.24) is 4.90 Å². The van der Waals surface area contributed by atoms with Crippen molar-refractivity contribution >= 4 is 5.91 Å². The van der Waals surface area contributed by atoms with Crippen molar-refractivity contribution in [3.05, 3.63) is 23.9 Å². The third-order valence-corrected chi connectivity index (χ3v) is 3.00. The highest BCUT2D eigenvalue weighted by Gasteiger charge is 2.54. The van der Waals surface area contributed by atoms with Gasteiger partial charge in [0.05, 0.1) is 5.41 Å². The van der Waals surface area contributed by atoms with E-state index in [1.165, 1.54) is 0 Å². The Hall–Kier alpha value is -1.05. The first kappa shape index (κ1) is 6.46. The van der Waals surface area contributed by atoms with Gasteiger partial charge in [-0.15, -0.1) is 0 Å². The average molecular weight is 161 g/mol. The lowest BCUT2D eigenvalue weighted by Crippen LogP contribution is -2.31. The van der Waals surface area contributed by atoms with E-state index in [4.69, 9.17) is 0 Å². The summed E-state index contributed by atoms with van der Waals surface area (Å²) in [4.78, 5) is 13.7. The Morgan fingerprint density at radius 3 is 2.92 bits per heavy atom.